The smallest absolute Gasteiger partial charge is 0.330 e. The molecule has 0 radical (unpaired) electrons. The van der Waals surface area contributed by atoms with Crippen molar-refractivity contribution in [3.63, 3.8) is 0 Å². The Labute approximate surface area is 95.2 Å². The predicted octanol–water partition coefficient (Wildman–Crippen LogP) is 2.15. The van der Waals surface area contributed by atoms with Gasteiger partial charge < -0.3 is 15.3 Å². The normalized spacial score (nSPS) is 11.1. The summed E-state index contributed by atoms with van der Waals surface area (Å²) >= 11 is 0. The molecule has 86 valence electrons. The monoisotopic (exact) mass is 220 g/mol. The van der Waals surface area contributed by atoms with Crippen LogP contribution >= 0.6 is 0 Å². The van der Waals surface area contributed by atoms with Crippen LogP contribution in [0.4, 0.5) is 11.4 Å². The van der Waals surface area contributed by atoms with Crippen LogP contribution in [0.5, 0.6) is 0 Å². The third-order valence-corrected chi connectivity index (χ3v) is 2.07. The average Bonchev–Trinajstić information content (AvgIpc) is 2.16. The lowest BCUT2D eigenvalue weighted by molar-refractivity contribution is -0.131. The van der Waals surface area contributed by atoms with Crippen molar-refractivity contribution in [2.24, 2.45) is 0 Å². The number of hydrogen-bond acceptors (Lipinski definition) is 3. The number of anilines is 2. The number of nitrogens with zero attached hydrogens (tertiary/aromatic N) is 1. The summed E-state index contributed by atoms with van der Waals surface area (Å²) in [6, 6.07) is 7.76. The van der Waals surface area contributed by atoms with E-state index in [1.165, 1.54) is 0 Å². The zero-order chi connectivity index (χ0) is 12.1. The number of aliphatic carboxylic acids is 1. The number of hydrogen-bond donors (Lipinski definition) is 2. The first-order valence-corrected chi connectivity index (χ1v) is 4.94. The third kappa shape index (κ3) is 3.65. The Balaban J connectivity index is 2.72. The fourth-order valence-corrected chi connectivity index (χ4v) is 1.29. The van der Waals surface area contributed by atoms with Crippen LogP contribution in [0.25, 0.3) is 0 Å². The van der Waals surface area contributed by atoms with Crippen LogP contribution in [-0.2, 0) is 4.79 Å². The molecule has 0 spiro atoms. The molecule has 1 rings (SSSR count). The van der Waals surface area contributed by atoms with Crippen LogP contribution in [0.15, 0.2) is 36.0 Å². The van der Waals surface area contributed by atoms with Crippen molar-refractivity contribution in [3.8, 4) is 0 Å². The number of rotatable bonds is 4. The zero-order valence-corrected chi connectivity index (χ0v) is 9.69. The number of carbonyl (C=O) groups is 1. The first-order valence-electron chi connectivity index (χ1n) is 4.94. The van der Waals surface area contributed by atoms with E-state index in [1.54, 1.807) is 6.92 Å². The first-order chi connectivity index (χ1) is 7.49. The van der Waals surface area contributed by atoms with Crippen molar-refractivity contribution in [2.45, 2.75) is 6.92 Å². The highest BCUT2D eigenvalue weighted by molar-refractivity contribution is 5.81. The molecule has 2 N–H and O–H groups in total. The lowest BCUT2D eigenvalue weighted by Gasteiger charge is -2.13. The van der Waals surface area contributed by atoms with Crippen LogP contribution in [0.2, 0.25) is 0 Å². The summed E-state index contributed by atoms with van der Waals surface area (Å²) in [5.74, 6) is -0.949. The molecule has 1 aromatic carbocycles. The summed E-state index contributed by atoms with van der Waals surface area (Å²) < 4.78 is 0. The molecule has 0 saturated carbocycles. The molecule has 4 nitrogen and oxygen atoms in total. The summed E-state index contributed by atoms with van der Waals surface area (Å²) in [5, 5.41) is 11.6. The minimum absolute atomic E-state index is 0.602. The van der Waals surface area contributed by atoms with E-state index >= 15 is 0 Å². The second kappa shape index (κ2) is 5.21. The maximum absolute atomic E-state index is 10.4. The van der Waals surface area contributed by atoms with Gasteiger partial charge in [0.1, 0.15) is 0 Å². The number of nitrogens with one attached hydrogen (secondary N) is 1. The van der Waals surface area contributed by atoms with Crippen LogP contribution < -0.4 is 10.2 Å². The molecule has 16 heavy (non-hydrogen) atoms. The van der Waals surface area contributed by atoms with E-state index < -0.39 is 5.97 Å². The van der Waals surface area contributed by atoms with Gasteiger partial charge in [0.2, 0.25) is 0 Å². The van der Waals surface area contributed by atoms with Gasteiger partial charge in [0, 0.05) is 37.2 Å². The maximum Gasteiger partial charge on any atom is 0.330 e. The van der Waals surface area contributed by atoms with Gasteiger partial charge in [-0.3, -0.25) is 0 Å². The fourth-order valence-electron chi connectivity index (χ4n) is 1.29. The molecule has 0 atom stereocenters. The Morgan fingerprint density at radius 2 is 1.88 bits per heavy atom. The van der Waals surface area contributed by atoms with E-state index in [0.717, 1.165) is 17.5 Å². The van der Waals surface area contributed by atoms with E-state index in [4.69, 9.17) is 5.11 Å². The second-order valence-electron chi connectivity index (χ2n) is 3.73. The molecule has 1 aromatic rings. The van der Waals surface area contributed by atoms with Gasteiger partial charge in [0.15, 0.2) is 0 Å². The van der Waals surface area contributed by atoms with Gasteiger partial charge in [-0.1, -0.05) is 0 Å². The van der Waals surface area contributed by atoms with Crippen molar-refractivity contribution in [2.75, 3.05) is 24.3 Å². The number of allylic oxidation sites excluding steroid dienone is 1. The van der Waals surface area contributed by atoms with Crippen LogP contribution in [-0.4, -0.2) is 25.2 Å². The minimum atomic E-state index is -0.949. The Morgan fingerprint density at radius 3 is 2.31 bits per heavy atom. The molecule has 0 heterocycles. The largest absolute Gasteiger partial charge is 0.478 e. The second-order valence-corrected chi connectivity index (χ2v) is 3.73. The van der Waals surface area contributed by atoms with Crippen molar-refractivity contribution in [1.82, 2.24) is 0 Å². The van der Waals surface area contributed by atoms with E-state index in [1.807, 2.05) is 43.3 Å². The van der Waals surface area contributed by atoms with Crippen LogP contribution in [0.3, 0.4) is 0 Å². The lowest BCUT2D eigenvalue weighted by Crippen LogP contribution is -2.08. The molecule has 0 unspecified atom stereocenters. The first kappa shape index (κ1) is 12.1. The fraction of sp³-hybridized carbons (Fsp3) is 0.250. The molecular weight excluding hydrogens is 204 g/mol. The highest BCUT2D eigenvalue weighted by Crippen LogP contribution is 2.16. The maximum atomic E-state index is 10.4. The number of carboxylic acids is 1. The van der Waals surface area contributed by atoms with E-state index in [0.29, 0.717) is 5.70 Å². The van der Waals surface area contributed by atoms with Crippen LogP contribution in [0, 0.1) is 0 Å². The van der Waals surface area contributed by atoms with Crippen molar-refractivity contribution in [3.05, 3.63) is 36.0 Å². The SMILES string of the molecule is C/C(=C/C(=O)O)Nc1ccc(N(C)C)cc1. The molecule has 0 fully saturated rings. The van der Waals surface area contributed by atoms with Crippen molar-refractivity contribution >= 4 is 17.3 Å². The number of carboxylic acid groups (broad SMARTS) is 1. The molecule has 0 aliphatic heterocycles. The predicted molar refractivity (Wildman–Crippen MR) is 65.8 cm³/mol. The quantitative estimate of drug-likeness (QED) is 0.763. The van der Waals surface area contributed by atoms with Crippen molar-refractivity contribution in [1.29, 1.82) is 0 Å². The van der Waals surface area contributed by atoms with Gasteiger partial charge in [0.25, 0.3) is 0 Å². The summed E-state index contributed by atoms with van der Waals surface area (Å²) in [6.07, 6.45) is 1.14. The summed E-state index contributed by atoms with van der Waals surface area (Å²) in [4.78, 5) is 12.4. The van der Waals surface area contributed by atoms with Gasteiger partial charge in [-0.25, -0.2) is 4.79 Å². The Morgan fingerprint density at radius 1 is 1.31 bits per heavy atom. The molecular formula is C12H16N2O2. The van der Waals surface area contributed by atoms with Crippen LogP contribution in [0.1, 0.15) is 6.92 Å². The third-order valence-electron chi connectivity index (χ3n) is 2.07. The van der Waals surface area contributed by atoms with Gasteiger partial charge in [-0.05, 0) is 31.2 Å². The summed E-state index contributed by atoms with van der Waals surface area (Å²) in [5.41, 5.74) is 2.58. The molecule has 0 saturated heterocycles. The molecule has 0 bridgehead atoms. The summed E-state index contributed by atoms with van der Waals surface area (Å²) in [7, 11) is 3.94. The number of benzene rings is 1. The van der Waals surface area contributed by atoms with Crippen molar-refractivity contribution < 1.29 is 9.90 Å². The van der Waals surface area contributed by atoms with E-state index in [-0.39, 0.29) is 0 Å². The molecule has 0 aliphatic rings. The molecule has 4 heteroatoms. The zero-order valence-electron chi connectivity index (χ0n) is 9.69. The highest BCUT2D eigenvalue weighted by Gasteiger charge is 1.97. The van der Waals surface area contributed by atoms with E-state index in [2.05, 4.69) is 5.32 Å². The lowest BCUT2D eigenvalue weighted by atomic mass is 10.2. The van der Waals surface area contributed by atoms with Gasteiger partial charge >= 0.3 is 5.97 Å². The van der Waals surface area contributed by atoms with Gasteiger partial charge in [-0.2, -0.15) is 0 Å². The van der Waals surface area contributed by atoms with E-state index in [9.17, 15) is 4.79 Å². The Bertz CT molecular complexity index is 394. The Kier molecular flexibility index (Phi) is 3.94. The molecule has 0 aromatic heterocycles. The summed E-state index contributed by atoms with van der Waals surface area (Å²) in [6.45, 7) is 1.72. The van der Waals surface area contributed by atoms with Gasteiger partial charge in [0.05, 0.1) is 0 Å². The van der Waals surface area contributed by atoms with Gasteiger partial charge in [-0.15, -0.1) is 0 Å². The highest BCUT2D eigenvalue weighted by atomic mass is 16.4. The molecule has 0 aliphatic carbocycles. The standard InChI is InChI=1S/C12H16N2O2/c1-9(8-12(15)16)13-10-4-6-11(7-5-10)14(2)3/h4-8,13H,1-3H3,(H,15,16)/b9-8-. The average molecular weight is 220 g/mol. The molecule has 0 amide bonds. The topological polar surface area (TPSA) is 52.6 Å². The Hall–Kier alpha value is -1.97. The minimum Gasteiger partial charge on any atom is -0.478 e.